The molecular formula is C14H16N3+3. The number of fused-ring (bicyclic) bond motifs is 5. The zero-order valence-electron chi connectivity index (χ0n) is 9.95. The van der Waals surface area contributed by atoms with Gasteiger partial charge in [0.2, 0.25) is 11.4 Å². The van der Waals surface area contributed by atoms with Crippen molar-refractivity contribution in [3.05, 3.63) is 60.2 Å². The number of hydrogen-bond acceptors (Lipinski definition) is 0. The Hall–Kier alpha value is -1.74. The molecule has 0 saturated heterocycles. The summed E-state index contributed by atoms with van der Waals surface area (Å²) in [6.45, 7) is 2.24. The van der Waals surface area contributed by atoms with Crippen LogP contribution in [0.25, 0.3) is 0 Å². The molecule has 2 aliphatic heterocycles. The Labute approximate surface area is 101 Å². The number of nitrogens with zero attached hydrogens (tertiary/aromatic N) is 3. The van der Waals surface area contributed by atoms with Crippen molar-refractivity contribution >= 4 is 0 Å². The van der Waals surface area contributed by atoms with Gasteiger partial charge >= 0.3 is 6.29 Å². The highest BCUT2D eigenvalue weighted by molar-refractivity contribution is 5.01. The molecule has 17 heavy (non-hydrogen) atoms. The molecule has 0 amide bonds. The van der Waals surface area contributed by atoms with Gasteiger partial charge in [0.05, 0.1) is 7.05 Å². The van der Waals surface area contributed by atoms with Gasteiger partial charge in [0.15, 0.2) is 25.5 Å². The number of quaternary nitrogens is 1. The lowest BCUT2D eigenvalue weighted by Crippen LogP contribution is -2.61. The average molecular weight is 226 g/mol. The van der Waals surface area contributed by atoms with Gasteiger partial charge in [-0.25, -0.2) is 0 Å². The van der Waals surface area contributed by atoms with Crippen molar-refractivity contribution in [1.82, 2.24) is 0 Å². The SMILES string of the molecule is C[N+]12Cc3cccc[n+]3C1[n+]1ccccc1C2. The molecule has 0 aromatic carbocycles. The molecule has 84 valence electrons. The van der Waals surface area contributed by atoms with Crippen LogP contribution in [-0.2, 0) is 13.1 Å². The Morgan fingerprint density at radius 1 is 0.941 bits per heavy atom. The zero-order chi connectivity index (χ0) is 11.5. The number of aromatic nitrogens is 2. The lowest BCUT2D eigenvalue weighted by molar-refractivity contribution is -1.15. The maximum Gasteiger partial charge on any atom is 0.484 e. The Balaban J connectivity index is 1.98. The summed E-state index contributed by atoms with van der Waals surface area (Å²) in [6.07, 6.45) is 4.82. The molecule has 2 aromatic heterocycles. The fraction of sp³-hybridized carbons (Fsp3) is 0.286. The molecular weight excluding hydrogens is 210 g/mol. The number of hydrogen-bond donors (Lipinski definition) is 0. The van der Waals surface area contributed by atoms with Gasteiger partial charge in [0, 0.05) is 24.3 Å². The molecule has 3 heteroatoms. The second-order valence-electron chi connectivity index (χ2n) is 5.34. The third-order valence-corrected chi connectivity index (χ3v) is 4.06. The van der Waals surface area contributed by atoms with Crippen LogP contribution >= 0.6 is 0 Å². The van der Waals surface area contributed by atoms with Crippen molar-refractivity contribution in [2.75, 3.05) is 7.05 Å². The third kappa shape index (κ3) is 1.09. The summed E-state index contributed by atoms with van der Waals surface area (Å²) in [7, 11) is 2.35. The van der Waals surface area contributed by atoms with Crippen LogP contribution in [-0.4, -0.2) is 11.5 Å². The van der Waals surface area contributed by atoms with E-state index in [1.807, 2.05) is 0 Å². The van der Waals surface area contributed by atoms with Gasteiger partial charge in [0.25, 0.3) is 0 Å². The standard InChI is InChI=1S/C14H16N3/c1-17-10-12-6-2-4-8-15(12)14(17)16-9-5-3-7-13(16)11-17/h2-9,14H,10-11H2,1H3/q+3. The molecule has 0 bridgehead atoms. The van der Waals surface area contributed by atoms with Crippen molar-refractivity contribution in [1.29, 1.82) is 0 Å². The van der Waals surface area contributed by atoms with Crippen LogP contribution in [0.3, 0.4) is 0 Å². The summed E-state index contributed by atoms with van der Waals surface area (Å²) in [6, 6.07) is 13.0. The molecule has 2 aromatic rings. The molecule has 0 radical (unpaired) electrons. The van der Waals surface area contributed by atoms with Gasteiger partial charge in [-0.2, -0.15) is 4.48 Å². The first kappa shape index (κ1) is 9.31. The van der Waals surface area contributed by atoms with Gasteiger partial charge < -0.3 is 0 Å². The van der Waals surface area contributed by atoms with Crippen LogP contribution in [0.15, 0.2) is 48.8 Å². The van der Waals surface area contributed by atoms with Gasteiger partial charge in [-0.1, -0.05) is 9.13 Å². The lowest BCUT2D eigenvalue weighted by Gasteiger charge is -2.17. The first-order valence-corrected chi connectivity index (χ1v) is 6.10. The Morgan fingerprint density at radius 3 is 2.00 bits per heavy atom. The maximum atomic E-state index is 2.41. The summed E-state index contributed by atoms with van der Waals surface area (Å²) in [4.78, 5) is 0. The third-order valence-electron chi connectivity index (χ3n) is 4.06. The highest BCUT2D eigenvalue weighted by atomic mass is 15.6. The van der Waals surface area contributed by atoms with E-state index in [1.165, 1.54) is 11.4 Å². The molecule has 0 spiro atoms. The van der Waals surface area contributed by atoms with E-state index < -0.39 is 0 Å². The largest absolute Gasteiger partial charge is 0.484 e. The minimum Gasteiger partial charge on any atom is -0.189 e. The smallest absolute Gasteiger partial charge is 0.189 e. The van der Waals surface area contributed by atoms with Crippen molar-refractivity contribution in [2.45, 2.75) is 19.4 Å². The fourth-order valence-corrected chi connectivity index (χ4v) is 3.40. The number of pyridine rings is 2. The summed E-state index contributed by atoms with van der Waals surface area (Å²) in [5, 5.41) is 0. The quantitative estimate of drug-likeness (QED) is 0.462. The molecule has 3 nitrogen and oxygen atoms in total. The molecule has 0 saturated carbocycles. The van der Waals surface area contributed by atoms with E-state index in [2.05, 4.69) is 65.0 Å². The fourth-order valence-electron chi connectivity index (χ4n) is 3.40. The predicted octanol–water partition coefficient (Wildman–Crippen LogP) is 0.740. The molecule has 0 aliphatic carbocycles. The van der Waals surface area contributed by atoms with Crippen LogP contribution in [0.4, 0.5) is 0 Å². The molecule has 0 atom stereocenters. The van der Waals surface area contributed by atoms with Gasteiger partial charge in [-0.15, -0.1) is 0 Å². The van der Waals surface area contributed by atoms with Crippen LogP contribution in [0.2, 0.25) is 0 Å². The van der Waals surface area contributed by atoms with E-state index in [4.69, 9.17) is 0 Å². The average Bonchev–Trinajstić information content (AvgIpc) is 2.76. The second-order valence-corrected chi connectivity index (χ2v) is 5.34. The second kappa shape index (κ2) is 2.93. The van der Waals surface area contributed by atoms with E-state index in [-0.39, 0.29) is 0 Å². The van der Waals surface area contributed by atoms with Gasteiger partial charge in [-0.05, 0) is 12.1 Å². The molecule has 0 fully saturated rings. The van der Waals surface area contributed by atoms with Crippen molar-refractivity contribution < 1.29 is 13.6 Å². The summed E-state index contributed by atoms with van der Waals surface area (Å²) >= 11 is 0. The topological polar surface area (TPSA) is 7.76 Å². The first-order chi connectivity index (χ1) is 8.28. The summed E-state index contributed by atoms with van der Waals surface area (Å²) < 4.78 is 5.89. The lowest BCUT2D eigenvalue weighted by atomic mass is 10.3. The minimum absolute atomic E-state index is 0.405. The van der Waals surface area contributed by atoms with Gasteiger partial charge in [-0.3, -0.25) is 0 Å². The summed E-state index contributed by atoms with van der Waals surface area (Å²) in [5.74, 6) is 0. The van der Waals surface area contributed by atoms with E-state index in [0.717, 1.165) is 17.6 Å². The van der Waals surface area contributed by atoms with E-state index in [0.29, 0.717) is 6.29 Å². The molecule has 4 heterocycles. The highest BCUT2D eigenvalue weighted by Gasteiger charge is 2.61. The first-order valence-electron chi connectivity index (χ1n) is 6.10. The highest BCUT2D eigenvalue weighted by Crippen LogP contribution is 2.31. The van der Waals surface area contributed by atoms with Crippen molar-refractivity contribution in [2.24, 2.45) is 0 Å². The zero-order valence-corrected chi connectivity index (χ0v) is 9.95. The van der Waals surface area contributed by atoms with Crippen molar-refractivity contribution in [3.63, 3.8) is 0 Å². The van der Waals surface area contributed by atoms with E-state index in [1.54, 1.807) is 0 Å². The van der Waals surface area contributed by atoms with E-state index in [9.17, 15) is 0 Å². The molecule has 4 rings (SSSR count). The Morgan fingerprint density at radius 2 is 1.47 bits per heavy atom. The maximum absolute atomic E-state index is 2.41. The Bertz CT molecular complexity index is 556. The van der Waals surface area contributed by atoms with Crippen LogP contribution in [0, 0.1) is 0 Å². The van der Waals surface area contributed by atoms with Crippen molar-refractivity contribution in [3.8, 4) is 0 Å². The van der Waals surface area contributed by atoms with Gasteiger partial charge in [0.1, 0.15) is 0 Å². The number of rotatable bonds is 0. The molecule has 0 N–H and O–H groups in total. The Kier molecular flexibility index (Phi) is 1.60. The molecule has 2 aliphatic rings. The van der Waals surface area contributed by atoms with Crippen LogP contribution in [0.1, 0.15) is 17.7 Å². The normalized spacial score (nSPS) is 28.6. The van der Waals surface area contributed by atoms with Crippen LogP contribution < -0.4 is 9.13 Å². The monoisotopic (exact) mass is 226 g/mol. The van der Waals surface area contributed by atoms with Crippen LogP contribution in [0.5, 0.6) is 0 Å². The van der Waals surface area contributed by atoms with E-state index >= 15 is 0 Å². The molecule has 0 unspecified atom stereocenters. The predicted molar refractivity (Wildman–Crippen MR) is 61.3 cm³/mol. The summed E-state index contributed by atoms with van der Waals surface area (Å²) in [5.41, 5.74) is 2.86. The minimum atomic E-state index is 0.405.